The molecule has 0 aliphatic carbocycles. The highest BCUT2D eigenvalue weighted by Gasteiger charge is 2.28. The third-order valence-electron chi connectivity index (χ3n) is 3.56. The summed E-state index contributed by atoms with van der Waals surface area (Å²) in [7, 11) is 1.31. The van der Waals surface area contributed by atoms with E-state index in [1.165, 1.54) is 12.0 Å². The fraction of sp³-hybridized carbons (Fsp3) is 0.400. The van der Waals surface area contributed by atoms with Gasteiger partial charge in [0.15, 0.2) is 0 Å². The number of likely N-dealkylation sites (tertiary alicyclic amines) is 1. The smallest absolute Gasteiger partial charge is 0.325 e. The summed E-state index contributed by atoms with van der Waals surface area (Å²) >= 11 is 0. The molecule has 1 aliphatic rings. The number of nitrogens with zero attached hydrogens (tertiary/aromatic N) is 2. The van der Waals surface area contributed by atoms with Crippen LogP contribution in [0.4, 0.5) is 0 Å². The lowest BCUT2D eigenvalue weighted by atomic mass is 9.88. The number of methoxy groups -OCH3 is 1. The van der Waals surface area contributed by atoms with Gasteiger partial charge in [-0.2, -0.15) is 5.26 Å². The van der Waals surface area contributed by atoms with Gasteiger partial charge < -0.3 is 9.64 Å². The Bertz CT molecular complexity index is 562. The van der Waals surface area contributed by atoms with Crippen molar-refractivity contribution in [1.82, 2.24) is 4.90 Å². The topological polar surface area (TPSA) is 70.4 Å². The third kappa shape index (κ3) is 3.15. The van der Waals surface area contributed by atoms with Crippen molar-refractivity contribution in [2.45, 2.75) is 18.8 Å². The number of piperidine rings is 1. The highest BCUT2D eigenvalue weighted by Crippen LogP contribution is 2.29. The van der Waals surface area contributed by atoms with Gasteiger partial charge in [0.25, 0.3) is 0 Å². The summed E-state index contributed by atoms with van der Waals surface area (Å²) < 4.78 is 4.57. The summed E-state index contributed by atoms with van der Waals surface area (Å²) in [6, 6.07) is 9.45. The molecule has 5 heteroatoms. The molecule has 0 N–H and O–H groups in total. The molecule has 1 saturated heterocycles. The Morgan fingerprint density at radius 1 is 1.55 bits per heavy atom. The van der Waals surface area contributed by atoms with Gasteiger partial charge >= 0.3 is 5.97 Å². The molecule has 0 spiro atoms. The van der Waals surface area contributed by atoms with E-state index in [0.717, 1.165) is 12.0 Å². The lowest BCUT2D eigenvalue weighted by molar-refractivity contribution is -0.148. The Labute approximate surface area is 117 Å². The zero-order valence-corrected chi connectivity index (χ0v) is 11.3. The van der Waals surface area contributed by atoms with E-state index in [-0.39, 0.29) is 18.4 Å². The summed E-state index contributed by atoms with van der Waals surface area (Å²) in [5.41, 5.74) is 1.61. The van der Waals surface area contributed by atoms with Crippen LogP contribution in [-0.2, 0) is 14.3 Å². The van der Waals surface area contributed by atoms with Gasteiger partial charge in [-0.05, 0) is 30.0 Å². The number of ether oxygens (including phenoxy) is 1. The van der Waals surface area contributed by atoms with Crippen molar-refractivity contribution in [1.29, 1.82) is 5.26 Å². The van der Waals surface area contributed by atoms with Crippen molar-refractivity contribution in [3.05, 3.63) is 35.4 Å². The summed E-state index contributed by atoms with van der Waals surface area (Å²) in [4.78, 5) is 24.8. The fourth-order valence-electron chi connectivity index (χ4n) is 2.41. The average molecular weight is 272 g/mol. The Morgan fingerprint density at radius 3 is 3.00 bits per heavy atom. The van der Waals surface area contributed by atoms with Gasteiger partial charge in [0, 0.05) is 13.0 Å². The monoisotopic (exact) mass is 272 g/mol. The molecule has 1 heterocycles. The molecule has 0 aromatic heterocycles. The SMILES string of the molecule is COC(=O)CN1CC[C@H](c2cccc(C#N)c2)CC1=O. The van der Waals surface area contributed by atoms with Crippen molar-refractivity contribution in [2.24, 2.45) is 0 Å². The van der Waals surface area contributed by atoms with Crippen LogP contribution in [0.25, 0.3) is 0 Å². The molecule has 0 saturated carbocycles. The fourth-order valence-corrected chi connectivity index (χ4v) is 2.41. The third-order valence-corrected chi connectivity index (χ3v) is 3.56. The first-order valence-electron chi connectivity index (χ1n) is 6.48. The molecule has 1 aromatic rings. The zero-order valence-electron chi connectivity index (χ0n) is 11.3. The second-order valence-electron chi connectivity index (χ2n) is 4.82. The van der Waals surface area contributed by atoms with Gasteiger partial charge in [0.05, 0.1) is 18.7 Å². The van der Waals surface area contributed by atoms with Crippen LogP contribution < -0.4 is 0 Å². The molecule has 5 nitrogen and oxygen atoms in total. The quantitative estimate of drug-likeness (QED) is 0.781. The maximum absolute atomic E-state index is 12.0. The summed E-state index contributed by atoms with van der Waals surface area (Å²) in [5.74, 6) is -0.331. The Morgan fingerprint density at radius 2 is 2.35 bits per heavy atom. The lowest BCUT2D eigenvalue weighted by Crippen LogP contribution is -2.41. The first-order valence-corrected chi connectivity index (χ1v) is 6.48. The van der Waals surface area contributed by atoms with Crippen LogP contribution in [0.2, 0.25) is 0 Å². The largest absolute Gasteiger partial charge is 0.468 e. The van der Waals surface area contributed by atoms with E-state index in [2.05, 4.69) is 10.8 Å². The van der Waals surface area contributed by atoms with Crippen LogP contribution in [0.15, 0.2) is 24.3 Å². The standard InChI is InChI=1S/C15H16N2O3/c1-20-15(19)10-17-6-5-13(8-14(17)18)12-4-2-3-11(7-12)9-16/h2-4,7,13H,5-6,8,10H2,1H3/t13-/m0/s1. The molecule has 0 bridgehead atoms. The Kier molecular flexibility index (Phi) is 4.36. The van der Waals surface area contributed by atoms with Crippen molar-refractivity contribution in [3.8, 4) is 6.07 Å². The first-order chi connectivity index (χ1) is 9.63. The van der Waals surface area contributed by atoms with Crippen LogP contribution in [-0.4, -0.2) is 37.0 Å². The number of benzene rings is 1. The minimum atomic E-state index is -0.400. The van der Waals surface area contributed by atoms with E-state index in [0.29, 0.717) is 18.5 Å². The minimum Gasteiger partial charge on any atom is -0.468 e. The van der Waals surface area contributed by atoms with Gasteiger partial charge in [-0.3, -0.25) is 9.59 Å². The molecule has 2 rings (SSSR count). The maximum Gasteiger partial charge on any atom is 0.325 e. The molecule has 1 aliphatic heterocycles. The second kappa shape index (κ2) is 6.20. The first kappa shape index (κ1) is 14.1. The number of rotatable bonds is 3. The number of carbonyl (C=O) groups excluding carboxylic acids is 2. The lowest BCUT2D eigenvalue weighted by Gasteiger charge is -2.31. The predicted octanol–water partition coefficient (Wildman–Crippen LogP) is 1.44. The second-order valence-corrected chi connectivity index (χ2v) is 4.82. The van der Waals surface area contributed by atoms with Crippen LogP contribution in [0.3, 0.4) is 0 Å². The zero-order chi connectivity index (χ0) is 14.5. The van der Waals surface area contributed by atoms with Crippen LogP contribution in [0.1, 0.15) is 29.9 Å². The number of hydrogen-bond donors (Lipinski definition) is 0. The number of nitriles is 1. The minimum absolute atomic E-state index is 0.0142. The number of esters is 1. The van der Waals surface area contributed by atoms with E-state index < -0.39 is 5.97 Å². The predicted molar refractivity (Wildman–Crippen MR) is 71.7 cm³/mol. The molecule has 1 fully saturated rings. The van der Waals surface area contributed by atoms with E-state index in [4.69, 9.17) is 5.26 Å². The van der Waals surface area contributed by atoms with Crippen molar-refractivity contribution >= 4 is 11.9 Å². The van der Waals surface area contributed by atoms with E-state index in [1.54, 1.807) is 6.07 Å². The number of hydrogen-bond acceptors (Lipinski definition) is 4. The summed E-state index contributed by atoms with van der Waals surface area (Å²) in [6.07, 6.45) is 1.16. The average Bonchev–Trinajstić information content (AvgIpc) is 2.49. The maximum atomic E-state index is 12.0. The molecule has 1 atom stereocenters. The number of carbonyl (C=O) groups is 2. The molecule has 1 aromatic carbocycles. The molecule has 0 radical (unpaired) electrons. The number of amides is 1. The van der Waals surface area contributed by atoms with Crippen molar-refractivity contribution < 1.29 is 14.3 Å². The van der Waals surface area contributed by atoms with Crippen LogP contribution in [0.5, 0.6) is 0 Å². The highest BCUT2D eigenvalue weighted by molar-refractivity contribution is 5.83. The van der Waals surface area contributed by atoms with Crippen molar-refractivity contribution in [2.75, 3.05) is 20.2 Å². The van der Waals surface area contributed by atoms with E-state index in [1.807, 2.05) is 18.2 Å². The molecule has 104 valence electrons. The summed E-state index contributed by atoms with van der Waals surface area (Å²) in [6.45, 7) is 0.551. The van der Waals surface area contributed by atoms with Gasteiger partial charge in [-0.1, -0.05) is 12.1 Å². The van der Waals surface area contributed by atoms with Crippen LogP contribution in [0, 0.1) is 11.3 Å². The Hall–Kier alpha value is -2.35. The van der Waals surface area contributed by atoms with E-state index in [9.17, 15) is 9.59 Å². The molecule has 0 unspecified atom stereocenters. The Balaban J connectivity index is 2.03. The molecular formula is C15H16N2O3. The molecule has 1 amide bonds. The van der Waals surface area contributed by atoms with Crippen molar-refractivity contribution in [3.63, 3.8) is 0 Å². The van der Waals surface area contributed by atoms with Gasteiger partial charge in [0.1, 0.15) is 6.54 Å². The highest BCUT2D eigenvalue weighted by atomic mass is 16.5. The molecule has 20 heavy (non-hydrogen) atoms. The van der Waals surface area contributed by atoms with Gasteiger partial charge in [0.2, 0.25) is 5.91 Å². The summed E-state index contributed by atoms with van der Waals surface area (Å²) in [5, 5.41) is 8.90. The van der Waals surface area contributed by atoms with Gasteiger partial charge in [-0.15, -0.1) is 0 Å². The molecular weight excluding hydrogens is 256 g/mol. The normalized spacial score (nSPS) is 18.5. The van der Waals surface area contributed by atoms with E-state index >= 15 is 0 Å². The van der Waals surface area contributed by atoms with Crippen LogP contribution >= 0.6 is 0 Å². The van der Waals surface area contributed by atoms with Gasteiger partial charge in [-0.25, -0.2) is 0 Å².